The maximum atomic E-state index is 13.0. The highest BCUT2D eigenvalue weighted by atomic mass is 16.5. The van der Waals surface area contributed by atoms with Gasteiger partial charge in [-0.05, 0) is 42.8 Å². The number of amides is 4. The Labute approximate surface area is 173 Å². The van der Waals surface area contributed by atoms with Crippen molar-refractivity contribution in [1.82, 2.24) is 5.32 Å². The minimum absolute atomic E-state index is 0.207. The molecule has 4 amide bonds. The van der Waals surface area contributed by atoms with Gasteiger partial charge in [0.1, 0.15) is 11.3 Å². The maximum absolute atomic E-state index is 13.0. The molecule has 0 radical (unpaired) electrons. The molecule has 30 heavy (non-hydrogen) atoms. The molecule has 1 aliphatic rings. The van der Waals surface area contributed by atoms with Crippen molar-refractivity contribution in [2.24, 2.45) is 0 Å². The lowest BCUT2D eigenvalue weighted by molar-refractivity contribution is -0.122. The molecule has 154 valence electrons. The number of hydrogen-bond donors (Lipinski definition) is 1. The molecule has 2 aromatic carbocycles. The van der Waals surface area contributed by atoms with Gasteiger partial charge in [0.05, 0.1) is 25.0 Å². The number of methoxy groups -OCH3 is 1. The van der Waals surface area contributed by atoms with Gasteiger partial charge in [-0.25, -0.2) is 14.5 Å². The molecule has 0 spiro atoms. The van der Waals surface area contributed by atoms with Crippen LogP contribution in [0.3, 0.4) is 0 Å². The number of rotatable bonds is 6. The lowest BCUT2D eigenvalue weighted by Crippen LogP contribution is -2.54. The second-order valence-electron chi connectivity index (χ2n) is 6.38. The van der Waals surface area contributed by atoms with Crippen molar-refractivity contribution in [1.29, 1.82) is 0 Å². The monoisotopic (exact) mass is 408 g/mol. The molecule has 0 bridgehead atoms. The number of urea groups is 1. The van der Waals surface area contributed by atoms with E-state index in [9.17, 15) is 19.2 Å². The summed E-state index contributed by atoms with van der Waals surface area (Å²) in [4.78, 5) is 50.1. The molecule has 1 N–H and O–H groups in total. The Morgan fingerprint density at radius 2 is 1.77 bits per heavy atom. The smallest absolute Gasteiger partial charge is 0.337 e. The molecule has 1 fully saturated rings. The molecular formula is C22H20N2O6. The van der Waals surface area contributed by atoms with E-state index in [0.29, 0.717) is 17.9 Å². The molecule has 0 aromatic heterocycles. The van der Waals surface area contributed by atoms with Crippen molar-refractivity contribution in [2.45, 2.75) is 13.3 Å². The summed E-state index contributed by atoms with van der Waals surface area (Å²) in [7, 11) is 1.25. The van der Waals surface area contributed by atoms with E-state index in [1.165, 1.54) is 37.5 Å². The summed E-state index contributed by atoms with van der Waals surface area (Å²) in [6.45, 7) is 2.45. The Morgan fingerprint density at radius 3 is 2.43 bits per heavy atom. The quantitative estimate of drug-likeness (QED) is 0.448. The van der Waals surface area contributed by atoms with E-state index in [1.807, 2.05) is 6.92 Å². The summed E-state index contributed by atoms with van der Waals surface area (Å²) in [5.41, 5.74) is 0.804. The van der Waals surface area contributed by atoms with Gasteiger partial charge in [0, 0.05) is 5.56 Å². The van der Waals surface area contributed by atoms with E-state index >= 15 is 0 Å². The van der Waals surface area contributed by atoms with Gasteiger partial charge in [-0.15, -0.1) is 0 Å². The first kappa shape index (κ1) is 20.8. The number of carbonyl (C=O) groups excluding carboxylic acids is 4. The van der Waals surface area contributed by atoms with E-state index in [4.69, 9.17) is 4.74 Å². The first-order chi connectivity index (χ1) is 14.5. The standard InChI is InChI=1S/C22H20N2O6/c1-3-12-30-18-7-5-4-6-15(18)13-17-19(25)23-22(28)24(20(17)26)16-10-8-14(9-11-16)21(27)29-2/h4-11,13H,3,12H2,1-2H3,(H,23,25,28)/b17-13+. The Kier molecular flexibility index (Phi) is 6.26. The molecular weight excluding hydrogens is 388 g/mol. The fraction of sp³-hybridized carbons (Fsp3) is 0.182. The fourth-order valence-electron chi connectivity index (χ4n) is 2.86. The average molecular weight is 408 g/mol. The second kappa shape index (κ2) is 9.04. The van der Waals surface area contributed by atoms with Crippen molar-refractivity contribution in [3.8, 4) is 5.75 Å². The van der Waals surface area contributed by atoms with Crippen LogP contribution in [0, 0.1) is 0 Å². The number of nitrogens with one attached hydrogen (secondary N) is 1. The molecule has 0 unspecified atom stereocenters. The number of imide groups is 2. The third-order valence-electron chi connectivity index (χ3n) is 4.33. The zero-order chi connectivity index (χ0) is 21.7. The molecule has 0 atom stereocenters. The van der Waals surface area contributed by atoms with Crippen LogP contribution in [0.2, 0.25) is 0 Å². The molecule has 1 heterocycles. The molecule has 3 rings (SSSR count). The average Bonchev–Trinajstić information content (AvgIpc) is 2.75. The van der Waals surface area contributed by atoms with Gasteiger partial charge >= 0.3 is 12.0 Å². The first-order valence-electron chi connectivity index (χ1n) is 9.28. The van der Waals surface area contributed by atoms with Crippen molar-refractivity contribution in [3.63, 3.8) is 0 Å². The number of barbiturate groups is 1. The van der Waals surface area contributed by atoms with Crippen LogP contribution in [0.25, 0.3) is 6.08 Å². The van der Waals surface area contributed by atoms with Crippen LogP contribution in [-0.2, 0) is 14.3 Å². The predicted octanol–water partition coefficient (Wildman–Crippen LogP) is 2.93. The highest BCUT2D eigenvalue weighted by Gasteiger charge is 2.37. The van der Waals surface area contributed by atoms with E-state index in [0.717, 1.165) is 11.3 Å². The SMILES string of the molecule is CCCOc1ccccc1/C=C1\C(=O)NC(=O)N(c2ccc(C(=O)OC)cc2)C1=O. The van der Waals surface area contributed by atoms with Gasteiger partial charge in [-0.2, -0.15) is 0 Å². The lowest BCUT2D eigenvalue weighted by atomic mass is 10.1. The lowest BCUT2D eigenvalue weighted by Gasteiger charge is -2.26. The van der Waals surface area contributed by atoms with Crippen LogP contribution in [0.1, 0.15) is 29.3 Å². The van der Waals surface area contributed by atoms with Crippen LogP contribution >= 0.6 is 0 Å². The largest absolute Gasteiger partial charge is 0.493 e. The topological polar surface area (TPSA) is 102 Å². The molecule has 8 nitrogen and oxygen atoms in total. The number of carbonyl (C=O) groups is 4. The Hall–Kier alpha value is -3.94. The van der Waals surface area contributed by atoms with E-state index in [1.54, 1.807) is 24.3 Å². The van der Waals surface area contributed by atoms with Gasteiger partial charge in [0.2, 0.25) is 0 Å². The normalized spacial score (nSPS) is 15.2. The highest BCUT2D eigenvalue weighted by Crippen LogP contribution is 2.26. The number of anilines is 1. The summed E-state index contributed by atoms with van der Waals surface area (Å²) in [5, 5.41) is 2.17. The second-order valence-corrected chi connectivity index (χ2v) is 6.38. The van der Waals surface area contributed by atoms with Crippen LogP contribution in [-0.4, -0.2) is 37.5 Å². The summed E-state index contributed by atoms with van der Waals surface area (Å²) in [6.07, 6.45) is 2.19. The van der Waals surface area contributed by atoms with Crippen molar-refractivity contribution >= 4 is 35.6 Å². The molecule has 8 heteroatoms. The van der Waals surface area contributed by atoms with E-state index < -0.39 is 23.8 Å². The number of esters is 1. The number of para-hydroxylation sites is 1. The third kappa shape index (κ3) is 4.22. The van der Waals surface area contributed by atoms with Crippen LogP contribution < -0.4 is 15.0 Å². The van der Waals surface area contributed by atoms with Crippen molar-refractivity contribution in [2.75, 3.05) is 18.6 Å². The fourth-order valence-corrected chi connectivity index (χ4v) is 2.86. The molecule has 1 saturated heterocycles. The zero-order valence-corrected chi connectivity index (χ0v) is 16.5. The Morgan fingerprint density at radius 1 is 1.07 bits per heavy atom. The number of nitrogens with zero attached hydrogens (tertiary/aromatic N) is 1. The van der Waals surface area contributed by atoms with E-state index in [2.05, 4.69) is 10.1 Å². The third-order valence-corrected chi connectivity index (χ3v) is 4.33. The summed E-state index contributed by atoms with van der Waals surface area (Å²) >= 11 is 0. The van der Waals surface area contributed by atoms with Crippen LogP contribution in [0.5, 0.6) is 5.75 Å². The highest BCUT2D eigenvalue weighted by molar-refractivity contribution is 6.39. The van der Waals surface area contributed by atoms with Gasteiger partial charge in [-0.1, -0.05) is 25.1 Å². The zero-order valence-electron chi connectivity index (χ0n) is 16.5. The Balaban J connectivity index is 1.95. The number of hydrogen-bond acceptors (Lipinski definition) is 6. The minimum atomic E-state index is -0.872. The van der Waals surface area contributed by atoms with Gasteiger partial charge in [0.25, 0.3) is 11.8 Å². The summed E-state index contributed by atoms with van der Waals surface area (Å²) < 4.78 is 10.3. The predicted molar refractivity (Wildman–Crippen MR) is 109 cm³/mol. The Bertz CT molecular complexity index is 1030. The van der Waals surface area contributed by atoms with Crippen LogP contribution in [0.4, 0.5) is 10.5 Å². The number of benzene rings is 2. The maximum Gasteiger partial charge on any atom is 0.337 e. The number of ether oxygens (including phenoxy) is 2. The van der Waals surface area contributed by atoms with Gasteiger partial charge in [-0.3, -0.25) is 14.9 Å². The first-order valence-corrected chi connectivity index (χ1v) is 9.28. The van der Waals surface area contributed by atoms with E-state index in [-0.39, 0.29) is 16.8 Å². The molecule has 0 aliphatic carbocycles. The van der Waals surface area contributed by atoms with Crippen molar-refractivity contribution in [3.05, 3.63) is 65.2 Å². The van der Waals surface area contributed by atoms with Gasteiger partial charge in [0.15, 0.2) is 0 Å². The minimum Gasteiger partial charge on any atom is -0.493 e. The molecule has 1 aliphatic heterocycles. The summed E-state index contributed by atoms with van der Waals surface area (Å²) in [6, 6.07) is 11.8. The van der Waals surface area contributed by atoms with Crippen LogP contribution in [0.15, 0.2) is 54.1 Å². The van der Waals surface area contributed by atoms with Gasteiger partial charge < -0.3 is 9.47 Å². The van der Waals surface area contributed by atoms with Crippen molar-refractivity contribution < 1.29 is 28.7 Å². The molecule has 0 saturated carbocycles. The molecule has 2 aromatic rings. The summed E-state index contributed by atoms with van der Waals surface area (Å²) in [5.74, 6) is -1.59.